The maximum absolute atomic E-state index is 4.56. The number of aryl methyl sites for hydroxylation is 1. The zero-order valence-electron chi connectivity index (χ0n) is 11.0. The van der Waals surface area contributed by atoms with Crippen molar-refractivity contribution in [3.63, 3.8) is 0 Å². The van der Waals surface area contributed by atoms with Gasteiger partial charge in [-0.2, -0.15) is 0 Å². The topological polar surface area (TPSA) is 4.93 Å². The van der Waals surface area contributed by atoms with Gasteiger partial charge in [-0.3, -0.25) is 0 Å². The fraction of sp³-hybridized carbons (Fsp3) is 0.176. The molecule has 1 heterocycles. The molecule has 0 bridgehead atoms. The Morgan fingerprint density at radius 2 is 1.79 bits per heavy atom. The first-order valence-electron chi connectivity index (χ1n) is 6.63. The van der Waals surface area contributed by atoms with Crippen LogP contribution in [0.25, 0.3) is 10.9 Å². The van der Waals surface area contributed by atoms with Crippen molar-refractivity contribution in [1.82, 2.24) is 4.57 Å². The van der Waals surface area contributed by atoms with E-state index < -0.39 is 0 Å². The van der Waals surface area contributed by atoms with E-state index in [1.807, 2.05) is 0 Å². The van der Waals surface area contributed by atoms with E-state index in [9.17, 15) is 0 Å². The summed E-state index contributed by atoms with van der Waals surface area (Å²) in [7, 11) is 0. The van der Waals surface area contributed by atoms with E-state index in [0.29, 0.717) is 0 Å². The van der Waals surface area contributed by atoms with Crippen molar-refractivity contribution >= 4 is 23.5 Å². The Balaban J connectivity index is 2.14. The summed E-state index contributed by atoms with van der Waals surface area (Å²) in [4.78, 5) is 1.05. The highest BCUT2D eigenvalue weighted by Gasteiger charge is 2.09. The molecule has 1 aromatic heterocycles. The molecule has 3 rings (SSSR count). The van der Waals surface area contributed by atoms with Crippen molar-refractivity contribution in [3.8, 4) is 0 Å². The Hall–Kier alpha value is -1.67. The number of nitrogens with zero attached hydrogens (tertiary/aromatic N) is 1. The SMILES string of the molecule is CCc1cc2c(S)cccc2n1Cc1ccccc1. The molecule has 2 heteroatoms. The summed E-state index contributed by atoms with van der Waals surface area (Å²) < 4.78 is 2.39. The third kappa shape index (κ3) is 2.28. The molecule has 0 aliphatic heterocycles. The van der Waals surface area contributed by atoms with E-state index in [1.165, 1.54) is 22.2 Å². The van der Waals surface area contributed by atoms with Crippen LogP contribution in [-0.2, 0) is 13.0 Å². The van der Waals surface area contributed by atoms with Crippen LogP contribution in [0.1, 0.15) is 18.2 Å². The van der Waals surface area contributed by atoms with Gasteiger partial charge in [0.25, 0.3) is 0 Å². The molecule has 19 heavy (non-hydrogen) atoms. The zero-order chi connectivity index (χ0) is 13.2. The second-order valence-corrected chi connectivity index (χ2v) is 5.25. The van der Waals surface area contributed by atoms with Crippen LogP contribution in [0.2, 0.25) is 0 Å². The number of fused-ring (bicyclic) bond motifs is 1. The van der Waals surface area contributed by atoms with Gasteiger partial charge in [-0.1, -0.05) is 43.3 Å². The Morgan fingerprint density at radius 3 is 2.53 bits per heavy atom. The van der Waals surface area contributed by atoms with Gasteiger partial charge in [0.1, 0.15) is 0 Å². The lowest BCUT2D eigenvalue weighted by atomic mass is 10.2. The van der Waals surface area contributed by atoms with Crippen LogP contribution in [0.3, 0.4) is 0 Å². The third-order valence-electron chi connectivity index (χ3n) is 3.55. The van der Waals surface area contributed by atoms with Crippen molar-refractivity contribution in [2.45, 2.75) is 24.8 Å². The van der Waals surface area contributed by atoms with Crippen molar-refractivity contribution < 1.29 is 0 Å². The quantitative estimate of drug-likeness (QED) is 0.665. The molecular weight excluding hydrogens is 250 g/mol. The average molecular weight is 267 g/mol. The Bertz CT molecular complexity index is 698. The molecule has 0 aliphatic rings. The Kier molecular flexibility index (Phi) is 3.34. The van der Waals surface area contributed by atoms with Gasteiger partial charge in [-0.15, -0.1) is 12.6 Å². The van der Waals surface area contributed by atoms with Crippen LogP contribution in [-0.4, -0.2) is 4.57 Å². The van der Waals surface area contributed by atoms with Crippen molar-refractivity contribution in [1.29, 1.82) is 0 Å². The minimum Gasteiger partial charge on any atom is -0.340 e. The first-order valence-corrected chi connectivity index (χ1v) is 7.08. The minimum atomic E-state index is 0.921. The lowest BCUT2D eigenvalue weighted by molar-refractivity contribution is 0.776. The molecule has 96 valence electrons. The molecule has 0 unspecified atom stereocenters. The van der Waals surface area contributed by atoms with Gasteiger partial charge in [0.05, 0.1) is 0 Å². The van der Waals surface area contributed by atoms with Crippen LogP contribution in [0, 0.1) is 0 Å². The van der Waals surface area contributed by atoms with Crippen LogP contribution in [0.5, 0.6) is 0 Å². The van der Waals surface area contributed by atoms with E-state index in [-0.39, 0.29) is 0 Å². The molecule has 0 atom stereocenters. The summed E-state index contributed by atoms with van der Waals surface area (Å²) in [6.07, 6.45) is 1.04. The highest BCUT2D eigenvalue weighted by atomic mass is 32.1. The predicted octanol–water partition coefficient (Wildman–Crippen LogP) is 4.54. The van der Waals surface area contributed by atoms with E-state index in [4.69, 9.17) is 0 Å². The summed E-state index contributed by atoms with van der Waals surface area (Å²) in [5, 5.41) is 1.25. The van der Waals surface area contributed by atoms with Gasteiger partial charge in [-0.25, -0.2) is 0 Å². The summed E-state index contributed by atoms with van der Waals surface area (Å²) in [6.45, 7) is 3.12. The summed E-state index contributed by atoms with van der Waals surface area (Å²) in [5.74, 6) is 0. The van der Waals surface area contributed by atoms with Crippen molar-refractivity contribution in [2.75, 3.05) is 0 Å². The number of hydrogen-bond acceptors (Lipinski definition) is 1. The monoisotopic (exact) mass is 267 g/mol. The van der Waals surface area contributed by atoms with Crippen molar-refractivity contribution in [2.24, 2.45) is 0 Å². The van der Waals surface area contributed by atoms with Gasteiger partial charge in [0.2, 0.25) is 0 Å². The fourth-order valence-corrected chi connectivity index (χ4v) is 2.83. The van der Waals surface area contributed by atoms with Crippen LogP contribution in [0.15, 0.2) is 59.5 Å². The molecule has 0 saturated heterocycles. The normalized spacial score (nSPS) is 11.1. The van der Waals surface area contributed by atoms with Gasteiger partial charge in [0, 0.05) is 28.0 Å². The van der Waals surface area contributed by atoms with Gasteiger partial charge >= 0.3 is 0 Å². The molecule has 0 N–H and O–H groups in total. The molecule has 0 radical (unpaired) electrons. The maximum Gasteiger partial charge on any atom is 0.0496 e. The van der Waals surface area contributed by atoms with E-state index in [1.54, 1.807) is 0 Å². The molecule has 3 aromatic rings. The van der Waals surface area contributed by atoms with E-state index in [0.717, 1.165) is 17.9 Å². The molecule has 0 spiro atoms. The van der Waals surface area contributed by atoms with E-state index in [2.05, 4.69) is 78.7 Å². The lowest BCUT2D eigenvalue weighted by Crippen LogP contribution is -2.03. The van der Waals surface area contributed by atoms with Crippen LogP contribution in [0.4, 0.5) is 0 Å². The van der Waals surface area contributed by atoms with E-state index >= 15 is 0 Å². The predicted molar refractivity (Wildman–Crippen MR) is 84.1 cm³/mol. The average Bonchev–Trinajstić information content (AvgIpc) is 2.80. The Labute approximate surface area is 119 Å². The van der Waals surface area contributed by atoms with Gasteiger partial charge in [-0.05, 0) is 30.2 Å². The molecule has 2 aromatic carbocycles. The van der Waals surface area contributed by atoms with Crippen molar-refractivity contribution in [3.05, 3.63) is 65.9 Å². The van der Waals surface area contributed by atoms with Gasteiger partial charge < -0.3 is 4.57 Å². The first-order chi connectivity index (χ1) is 9.29. The smallest absolute Gasteiger partial charge is 0.0496 e. The standard InChI is InChI=1S/C17H17NS/c1-2-14-11-15-16(9-6-10-17(15)19)18(14)12-13-7-4-3-5-8-13/h3-11,19H,2,12H2,1H3. The number of aromatic nitrogens is 1. The molecule has 0 saturated carbocycles. The zero-order valence-corrected chi connectivity index (χ0v) is 11.9. The molecule has 0 amide bonds. The second-order valence-electron chi connectivity index (χ2n) is 4.77. The summed E-state index contributed by atoms with van der Waals surface area (Å²) in [5.41, 5.74) is 3.97. The third-order valence-corrected chi connectivity index (χ3v) is 3.94. The summed E-state index contributed by atoms with van der Waals surface area (Å²) >= 11 is 4.56. The highest BCUT2D eigenvalue weighted by Crippen LogP contribution is 2.27. The molecule has 0 fully saturated rings. The molecule has 1 nitrogen and oxygen atoms in total. The maximum atomic E-state index is 4.56. The fourth-order valence-electron chi connectivity index (χ4n) is 2.57. The largest absolute Gasteiger partial charge is 0.340 e. The van der Waals surface area contributed by atoms with Crippen LogP contribution < -0.4 is 0 Å². The van der Waals surface area contributed by atoms with Crippen LogP contribution >= 0.6 is 12.6 Å². The summed E-state index contributed by atoms with van der Waals surface area (Å²) in [6, 6.07) is 19.2. The van der Waals surface area contributed by atoms with Gasteiger partial charge in [0.15, 0.2) is 0 Å². The number of thiol groups is 1. The number of rotatable bonds is 3. The highest BCUT2D eigenvalue weighted by molar-refractivity contribution is 7.80. The second kappa shape index (κ2) is 5.14. The Morgan fingerprint density at radius 1 is 1.00 bits per heavy atom. The number of benzene rings is 2. The lowest BCUT2D eigenvalue weighted by Gasteiger charge is -2.10. The number of hydrogen-bond donors (Lipinski definition) is 1. The first kappa shape index (κ1) is 12.4. The minimum absolute atomic E-state index is 0.921. The molecule has 0 aliphatic carbocycles. The molecular formula is C17H17NS.